The van der Waals surface area contributed by atoms with E-state index < -0.39 is 5.63 Å². The van der Waals surface area contributed by atoms with Crippen LogP contribution < -0.4 is 10.9 Å². The van der Waals surface area contributed by atoms with Crippen molar-refractivity contribution in [3.05, 3.63) is 46.3 Å². The lowest BCUT2D eigenvalue weighted by Gasteiger charge is -2.32. The van der Waals surface area contributed by atoms with Gasteiger partial charge in [0.15, 0.2) is 0 Å². The summed E-state index contributed by atoms with van der Waals surface area (Å²) in [5.74, 6) is -0.660. The van der Waals surface area contributed by atoms with E-state index >= 15 is 0 Å². The number of fused-ring (bicyclic) bond motifs is 1. The van der Waals surface area contributed by atoms with Crippen molar-refractivity contribution in [3.63, 3.8) is 0 Å². The van der Waals surface area contributed by atoms with Crippen LogP contribution in [0.2, 0.25) is 0 Å². The number of nitrogens with one attached hydrogen (secondary N) is 1. The number of benzene rings is 1. The Morgan fingerprint density at radius 2 is 2.04 bits per heavy atom. The molecule has 1 aliphatic heterocycles. The Kier molecular flexibility index (Phi) is 4.88. The van der Waals surface area contributed by atoms with Crippen molar-refractivity contribution in [2.45, 2.75) is 32.7 Å². The zero-order chi connectivity index (χ0) is 18.0. The minimum Gasteiger partial charge on any atom is -0.422 e. The van der Waals surface area contributed by atoms with Crippen LogP contribution in [0.25, 0.3) is 11.0 Å². The predicted molar refractivity (Wildman–Crippen MR) is 94.4 cm³/mol. The summed E-state index contributed by atoms with van der Waals surface area (Å²) in [7, 11) is 0. The third kappa shape index (κ3) is 3.73. The minimum atomic E-state index is -0.641. The van der Waals surface area contributed by atoms with E-state index in [4.69, 9.17) is 4.42 Å². The molecular formula is C19H22N2O4. The first-order chi connectivity index (χ1) is 12.0. The lowest BCUT2D eigenvalue weighted by molar-refractivity contribution is -0.126. The van der Waals surface area contributed by atoms with E-state index in [1.54, 1.807) is 29.2 Å². The second kappa shape index (κ2) is 7.09. The Morgan fingerprint density at radius 3 is 2.80 bits per heavy atom. The van der Waals surface area contributed by atoms with E-state index in [2.05, 4.69) is 5.32 Å². The van der Waals surface area contributed by atoms with E-state index in [1.165, 1.54) is 0 Å². The Balaban J connectivity index is 1.82. The molecule has 0 bridgehead atoms. The molecule has 1 aliphatic rings. The van der Waals surface area contributed by atoms with Gasteiger partial charge in [0.2, 0.25) is 5.91 Å². The molecule has 0 saturated carbocycles. The minimum absolute atomic E-state index is 0.0172. The molecule has 3 rings (SSSR count). The molecule has 2 heterocycles. The van der Waals surface area contributed by atoms with Crippen LogP contribution in [0.3, 0.4) is 0 Å². The number of carbonyl (C=O) groups excluding carboxylic acids is 2. The maximum atomic E-state index is 12.8. The number of carbonyl (C=O) groups is 2. The highest BCUT2D eigenvalue weighted by Crippen LogP contribution is 2.20. The van der Waals surface area contributed by atoms with Gasteiger partial charge in [-0.15, -0.1) is 0 Å². The predicted octanol–water partition coefficient (Wildman–Crippen LogP) is 2.17. The van der Waals surface area contributed by atoms with Crippen molar-refractivity contribution >= 4 is 22.8 Å². The van der Waals surface area contributed by atoms with Gasteiger partial charge in [-0.25, -0.2) is 4.79 Å². The summed E-state index contributed by atoms with van der Waals surface area (Å²) in [5, 5.41) is 3.60. The molecule has 2 amide bonds. The highest BCUT2D eigenvalue weighted by Gasteiger charge is 2.30. The number of amides is 2. The molecule has 132 valence electrons. The topological polar surface area (TPSA) is 79.6 Å². The SMILES string of the molecule is CC(C)NC(=O)[C@H]1CCCN(C(=O)c2cc3ccccc3oc2=O)C1. The lowest BCUT2D eigenvalue weighted by atomic mass is 9.96. The summed E-state index contributed by atoms with van der Waals surface area (Å²) in [5.41, 5.74) is -0.169. The number of para-hydroxylation sites is 1. The van der Waals surface area contributed by atoms with Crippen molar-refractivity contribution < 1.29 is 14.0 Å². The van der Waals surface area contributed by atoms with E-state index in [0.717, 1.165) is 12.8 Å². The normalized spacial score (nSPS) is 17.7. The number of piperidine rings is 1. The Labute approximate surface area is 145 Å². The number of likely N-dealkylation sites (tertiary alicyclic amines) is 1. The molecule has 6 nitrogen and oxygen atoms in total. The molecule has 1 atom stereocenters. The summed E-state index contributed by atoms with van der Waals surface area (Å²) in [6.07, 6.45) is 1.48. The Bertz CT molecular complexity index is 856. The monoisotopic (exact) mass is 342 g/mol. The average molecular weight is 342 g/mol. The van der Waals surface area contributed by atoms with Crippen LogP contribution in [0, 0.1) is 5.92 Å². The van der Waals surface area contributed by atoms with Gasteiger partial charge in [-0.2, -0.15) is 0 Å². The number of hydrogen-bond donors (Lipinski definition) is 1. The molecule has 1 N–H and O–H groups in total. The highest BCUT2D eigenvalue weighted by atomic mass is 16.4. The summed E-state index contributed by atoms with van der Waals surface area (Å²) < 4.78 is 5.25. The quantitative estimate of drug-likeness (QED) is 0.867. The van der Waals surface area contributed by atoms with Gasteiger partial charge in [0.05, 0.1) is 5.92 Å². The zero-order valence-electron chi connectivity index (χ0n) is 14.5. The second-order valence-electron chi connectivity index (χ2n) is 6.74. The molecule has 0 aliphatic carbocycles. The third-order valence-corrected chi connectivity index (χ3v) is 4.38. The fourth-order valence-electron chi connectivity index (χ4n) is 3.16. The molecule has 1 aromatic heterocycles. The van der Waals surface area contributed by atoms with Crippen molar-refractivity contribution in [1.29, 1.82) is 0 Å². The summed E-state index contributed by atoms with van der Waals surface area (Å²) in [6.45, 7) is 4.67. The van der Waals surface area contributed by atoms with Gasteiger partial charge in [-0.1, -0.05) is 18.2 Å². The maximum absolute atomic E-state index is 12.8. The first-order valence-corrected chi connectivity index (χ1v) is 8.58. The van der Waals surface area contributed by atoms with Crippen LogP contribution in [-0.4, -0.2) is 35.8 Å². The first-order valence-electron chi connectivity index (χ1n) is 8.58. The fourth-order valence-corrected chi connectivity index (χ4v) is 3.16. The standard InChI is InChI=1S/C19H22N2O4/c1-12(2)20-17(22)14-7-5-9-21(11-14)18(23)15-10-13-6-3-4-8-16(13)25-19(15)24/h3-4,6,8,10,12,14H,5,7,9,11H2,1-2H3,(H,20,22)/t14-/m0/s1. The molecule has 0 spiro atoms. The van der Waals surface area contributed by atoms with Gasteiger partial charge < -0.3 is 14.6 Å². The summed E-state index contributed by atoms with van der Waals surface area (Å²) >= 11 is 0. The van der Waals surface area contributed by atoms with Gasteiger partial charge in [-0.3, -0.25) is 9.59 Å². The fraction of sp³-hybridized carbons (Fsp3) is 0.421. The van der Waals surface area contributed by atoms with Gasteiger partial charge in [0.25, 0.3) is 5.91 Å². The highest BCUT2D eigenvalue weighted by molar-refractivity contribution is 5.97. The number of nitrogens with zero attached hydrogens (tertiary/aromatic N) is 1. The van der Waals surface area contributed by atoms with Gasteiger partial charge in [0, 0.05) is 24.5 Å². The molecule has 25 heavy (non-hydrogen) atoms. The molecular weight excluding hydrogens is 320 g/mol. The number of rotatable bonds is 3. The van der Waals surface area contributed by atoms with E-state index in [-0.39, 0.29) is 29.3 Å². The van der Waals surface area contributed by atoms with Crippen LogP contribution in [0.4, 0.5) is 0 Å². The molecule has 0 unspecified atom stereocenters. The molecule has 1 fully saturated rings. The smallest absolute Gasteiger partial charge is 0.349 e. The van der Waals surface area contributed by atoms with E-state index in [0.29, 0.717) is 24.1 Å². The van der Waals surface area contributed by atoms with Crippen molar-refractivity contribution in [2.75, 3.05) is 13.1 Å². The average Bonchev–Trinajstić information content (AvgIpc) is 2.60. The summed E-state index contributed by atoms with van der Waals surface area (Å²) in [4.78, 5) is 38.8. The lowest BCUT2D eigenvalue weighted by Crippen LogP contribution is -2.47. The molecule has 6 heteroatoms. The van der Waals surface area contributed by atoms with E-state index in [9.17, 15) is 14.4 Å². The Morgan fingerprint density at radius 1 is 1.28 bits per heavy atom. The van der Waals surface area contributed by atoms with Crippen molar-refractivity contribution in [1.82, 2.24) is 10.2 Å². The Hall–Kier alpha value is -2.63. The van der Waals surface area contributed by atoms with Gasteiger partial charge >= 0.3 is 5.63 Å². The molecule has 2 aromatic rings. The summed E-state index contributed by atoms with van der Waals surface area (Å²) in [6, 6.07) is 8.72. The van der Waals surface area contributed by atoms with Crippen LogP contribution >= 0.6 is 0 Å². The third-order valence-electron chi connectivity index (χ3n) is 4.38. The second-order valence-corrected chi connectivity index (χ2v) is 6.74. The maximum Gasteiger partial charge on any atom is 0.349 e. The molecule has 0 radical (unpaired) electrons. The van der Waals surface area contributed by atoms with E-state index in [1.807, 2.05) is 19.9 Å². The van der Waals surface area contributed by atoms with Gasteiger partial charge in [0.1, 0.15) is 11.1 Å². The number of hydrogen-bond acceptors (Lipinski definition) is 4. The molecule has 1 saturated heterocycles. The largest absolute Gasteiger partial charge is 0.422 e. The first kappa shape index (κ1) is 17.2. The van der Waals surface area contributed by atoms with Crippen LogP contribution in [0.5, 0.6) is 0 Å². The van der Waals surface area contributed by atoms with Crippen molar-refractivity contribution in [3.8, 4) is 0 Å². The van der Waals surface area contributed by atoms with Crippen LogP contribution in [-0.2, 0) is 4.79 Å². The zero-order valence-corrected chi connectivity index (χ0v) is 14.5. The van der Waals surface area contributed by atoms with Crippen LogP contribution in [0.15, 0.2) is 39.5 Å². The van der Waals surface area contributed by atoms with Crippen molar-refractivity contribution in [2.24, 2.45) is 5.92 Å². The van der Waals surface area contributed by atoms with Crippen LogP contribution in [0.1, 0.15) is 37.0 Å². The molecule has 1 aromatic carbocycles. The van der Waals surface area contributed by atoms with Gasteiger partial charge in [-0.05, 0) is 38.8 Å².